The van der Waals surface area contributed by atoms with Crippen molar-refractivity contribution in [1.82, 2.24) is 9.97 Å². The summed E-state index contributed by atoms with van der Waals surface area (Å²) < 4.78 is 0. The fourth-order valence-corrected chi connectivity index (χ4v) is 5.34. The first-order valence-corrected chi connectivity index (χ1v) is 11.5. The van der Waals surface area contributed by atoms with Crippen LogP contribution in [0.15, 0.2) is 54.9 Å². The van der Waals surface area contributed by atoms with Gasteiger partial charge in [0.05, 0.1) is 6.04 Å². The average Bonchev–Trinajstić information content (AvgIpc) is 3.08. The molecule has 0 bridgehead atoms. The molecule has 0 spiro atoms. The molecule has 164 valence electrons. The molecule has 0 saturated heterocycles. The van der Waals surface area contributed by atoms with Crippen molar-refractivity contribution in [1.29, 1.82) is 0 Å². The molecule has 1 aliphatic heterocycles. The van der Waals surface area contributed by atoms with Gasteiger partial charge in [0.15, 0.2) is 0 Å². The molecule has 32 heavy (non-hydrogen) atoms. The maximum absolute atomic E-state index is 4.63. The van der Waals surface area contributed by atoms with E-state index in [1.54, 1.807) is 0 Å². The summed E-state index contributed by atoms with van der Waals surface area (Å²) in [7, 11) is 0. The molecule has 0 radical (unpaired) electrons. The van der Waals surface area contributed by atoms with E-state index in [0.717, 1.165) is 11.3 Å². The molecule has 0 aliphatic carbocycles. The highest BCUT2D eigenvalue weighted by Gasteiger charge is 2.30. The first-order chi connectivity index (χ1) is 15.1. The Morgan fingerprint density at radius 3 is 2.16 bits per heavy atom. The van der Waals surface area contributed by atoms with Gasteiger partial charge in [-0.15, -0.1) is 0 Å². The Bertz CT molecular complexity index is 1290. The number of aromatic nitrogens is 2. The van der Waals surface area contributed by atoms with Crippen molar-refractivity contribution in [3.05, 3.63) is 82.7 Å². The van der Waals surface area contributed by atoms with Crippen LogP contribution in [0.25, 0.3) is 22.2 Å². The SMILES string of the molecule is Cc1c(C(C)(C)C)cc(C2Nc3ccccc3-c3ccnc4[nH]cc2c34)cc1C(C)(C)C. The quantitative estimate of drug-likeness (QED) is 0.330. The van der Waals surface area contributed by atoms with Gasteiger partial charge >= 0.3 is 0 Å². The summed E-state index contributed by atoms with van der Waals surface area (Å²) in [6.07, 6.45) is 4.04. The molecule has 0 amide bonds. The van der Waals surface area contributed by atoms with Gasteiger partial charge in [0.25, 0.3) is 0 Å². The zero-order valence-corrected chi connectivity index (χ0v) is 20.2. The summed E-state index contributed by atoms with van der Waals surface area (Å²) in [5.74, 6) is 0. The zero-order chi connectivity index (χ0) is 22.8. The number of pyridine rings is 1. The Hall–Kier alpha value is -3.07. The van der Waals surface area contributed by atoms with Crippen LogP contribution in [0.2, 0.25) is 0 Å². The molecular weight excluding hydrogens is 390 g/mol. The van der Waals surface area contributed by atoms with Crippen LogP contribution in [0.3, 0.4) is 0 Å². The number of H-pyrrole nitrogens is 1. The molecular formula is C29H33N3. The molecule has 3 nitrogen and oxygen atoms in total. The van der Waals surface area contributed by atoms with Crippen molar-refractivity contribution in [2.75, 3.05) is 5.32 Å². The van der Waals surface area contributed by atoms with E-state index in [1.165, 1.54) is 44.3 Å². The second kappa shape index (κ2) is 6.96. The van der Waals surface area contributed by atoms with Crippen molar-refractivity contribution >= 4 is 16.7 Å². The van der Waals surface area contributed by atoms with Gasteiger partial charge in [-0.1, -0.05) is 71.9 Å². The molecule has 2 aromatic carbocycles. The van der Waals surface area contributed by atoms with Crippen LogP contribution in [0.1, 0.15) is 75.4 Å². The minimum Gasteiger partial charge on any atom is -0.374 e. The monoisotopic (exact) mass is 423 g/mol. The number of nitrogens with one attached hydrogen (secondary N) is 2. The predicted molar refractivity (Wildman–Crippen MR) is 136 cm³/mol. The van der Waals surface area contributed by atoms with E-state index in [0.29, 0.717) is 0 Å². The molecule has 0 fully saturated rings. The summed E-state index contributed by atoms with van der Waals surface area (Å²) in [5, 5.41) is 5.11. The number of hydrogen-bond acceptors (Lipinski definition) is 2. The van der Waals surface area contributed by atoms with Crippen molar-refractivity contribution in [3.8, 4) is 11.1 Å². The predicted octanol–water partition coefficient (Wildman–Crippen LogP) is 7.65. The number of hydrogen-bond donors (Lipinski definition) is 2. The number of aromatic amines is 1. The van der Waals surface area contributed by atoms with Gasteiger partial charge < -0.3 is 10.3 Å². The molecule has 2 N–H and O–H groups in total. The number of fused-ring (bicyclic) bond motifs is 2. The zero-order valence-electron chi connectivity index (χ0n) is 20.2. The van der Waals surface area contributed by atoms with Crippen LogP contribution in [-0.2, 0) is 10.8 Å². The minimum atomic E-state index is 0.0400. The van der Waals surface area contributed by atoms with E-state index in [9.17, 15) is 0 Å². The normalized spacial score (nSPS) is 15.9. The highest BCUT2D eigenvalue weighted by atomic mass is 14.9. The van der Waals surface area contributed by atoms with Gasteiger partial charge in [-0.25, -0.2) is 4.98 Å². The van der Waals surface area contributed by atoms with Crippen LogP contribution in [-0.4, -0.2) is 9.97 Å². The van der Waals surface area contributed by atoms with Crippen LogP contribution >= 0.6 is 0 Å². The third kappa shape index (κ3) is 3.23. The lowest BCUT2D eigenvalue weighted by Gasteiger charge is -2.31. The third-order valence-electron chi connectivity index (χ3n) is 6.81. The smallest absolute Gasteiger partial charge is 0.138 e. The molecule has 4 aromatic rings. The maximum Gasteiger partial charge on any atom is 0.138 e. The molecule has 1 atom stereocenters. The number of anilines is 1. The van der Waals surface area contributed by atoms with Gasteiger partial charge in [-0.2, -0.15) is 0 Å². The van der Waals surface area contributed by atoms with Gasteiger partial charge in [-0.3, -0.25) is 0 Å². The van der Waals surface area contributed by atoms with E-state index in [2.05, 4.69) is 112 Å². The summed E-state index contributed by atoms with van der Waals surface area (Å²) in [4.78, 5) is 8.06. The van der Waals surface area contributed by atoms with E-state index in [-0.39, 0.29) is 16.9 Å². The molecule has 2 aromatic heterocycles. The van der Waals surface area contributed by atoms with Crippen LogP contribution in [0, 0.1) is 6.92 Å². The first kappa shape index (κ1) is 20.8. The largest absolute Gasteiger partial charge is 0.374 e. The molecule has 1 unspecified atom stereocenters. The number of benzene rings is 2. The average molecular weight is 424 g/mol. The van der Waals surface area contributed by atoms with Gasteiger partial charge in [0, 0.05) is 34.6 Å². The standard InChI is InChI=1S/C29H33N3/c1-17-22(28(2,3)4)14-18(15-23(17)29(5,6)7)26-21-16-31-27-25(21)20(12-13-30-27)19-10-8-9-11-24(19)32-26/h8-16,26,32H,1-7H3,(H,30,31). The van der Waals surface area contributed by atoms with Crippen molar-refractivity contribution < 1.29 is 0 Å². The third-order valence-corrected chi connectivity index (χ3v) is 6.81. The fraction of sp³-hybridized carbons (Fsp3) is 0.345. The molecule has 5 rings (SSSR count). The summed E-state index contributed by atoms with van der Waals surface area (Å²) >= 11 is 0. The van der Waals surface area contributed by atoms with E-state index >= 15 is 0 Å². The first-order valence-electron chi connectivity index (χ1n) is 11.5. The lowest BCUT2D eigenvalue weighted by Crippen LogP contribution is -2.22. The number of para-hydroxylation sites is 1. The Balaban J connectivity index is 1.82. The second-order valence-electron chi connectivity index (χ2n) is 11.2. The van der Waals surface area contributed by atoms with E-state index in [4.69, 9.17) is 0 Å². The molecule has 3 heterocycles. The lowest BCUT2D eigenvalue weighted by atomic mass is 9.75. The van der Waals surface area contributed by atoms with Crippen molar-refractivity contribution in [2.24, 2.45) is 0 Å². The lowest BCUT2D eigenvalue weighted by molar-refractivity contribution is 0.559. The van der Waals surface area contributed by atoms with Crippen molar-refractivity contribution in [2.45, 2.75) is 65.3 Å². The summed E-state index contributed by atoms with van der Waals surface area (Å²) in [6.45, 7) is 16.2. The van der Waals surface area contributed by atoms with Crippen LogP contribution < -0.4 is 5.32 Å². The molecule has 0 saturated carbocycles. The fourth-order valence-electron chi connectivity index (χ4n) is 5.34. The highest BCUT2D eigenvalue weighted by molar-refractivity contribution is 6.01. The van der Waals surface area contributed by atoms with Crippen LogP contribution in [0.4, 0.5) is 5.69 Å². The Morgan fingerprint density at radius 1 is 0.844 bits per heavy atom. The molecule has 3 heteroatoms. The highest BCUT2D eigenvalue weighted by Crippen LogP contribution is 2.45. The summed E-state index contributed by atoms with van der Waals surface area (Å²) in [5.41, 5.74) is 11.5. The minimum absolute atomic E-state index is 0.0400. The maximum atomic E-state index is 4.63. The van der Waals surface area contributed by atoms with Gasteiger partial charge in [0.1, 0.15) is 5.65 Å². The van der Waals surface area contributed by atoms with Gasteiger partial charge in [-0.05, 0) is 57.7 Å². The topological polar surface area (TPSA) is 40.7 Å². The number of nitrogens with zero attached hydrogens (tertiary/aromatic N) is 1. The Labute approximate surface area is 191 Å². The van der Waals surface area contributed by atoms with E-state index < -0.39 is 0 Å². The van der Waals surface area contributed by atoms with Gasteiger partial charge in [0.2, 0.25) is 0 Å². The van der Waals surface area contributed by atoms with E-state index in [1.807, 2.05) is 6.20 Å². The Kier molecular flexibility index (Phi) is 4.53. The van der Waals surface area contributed by atoms with Crippen LogP contribution in [0.5, 0.6) is 0 Å². The molecule has 1 aliphatic rings. The summed E-state index contributed by atoms with van der Waals surface area (Å²) in [6, 6.07) is 15.6. The van der Waals surface area contributed by atoms with Crippen molar-refractivity contribution in [3.63, 3.8) is 0 Å². The number of rotatable bonds is 1. The Morgan fingerprint density at radius 2 is 1.50 bits per heavy atom. The second-order valence-corrected chi connectivity index (χ2v) is 11.2.